The molecule has 1 aliphatic heterocycles. The lowest BCUT2D eigenvalue weighted by molar-refractivity contribution is -0.111. The summed E-state index contributed by atoms with van der Waals surface area (Å²) in [7, 11) is 4.59. The number of piperazine rings is 1. The van der Waals surface area contributed by atoms with Gasteiger partial charge < -0.3 is 35.2 Å². The van der Waals surface area contributed by atoms with Crippen LogP contribution in [0.25, 0.3) is 0 Å². The zero-order valence-electron chi connectivity index (χ0n) is 25.0. The first-order chi connectivity index (χ1) is 20.7. The zero-order valence-corrected chi connectivity index (χ0v) is 25.8. The summed E-state index contributed by atoms with van der Waals surface area (Å²) in [5.41, 5.74) is 3.21. The van der Waals surface area contributed by atoms with Gasteiger partial charge in [-0.15, -0.1) is 0 Å². The highest BCUT2D eigenvalue weighted by Gasteiger charge is 2.21. The van der Waals surface area contributed by atoms with Gasteiger partial charge in [0.15, 0.2) is 0 Å². The third-order valence-electron chi connectivity index (χ3n) is 7.31. The van der Waals surface area contributed by atoms with Crippen LogP contribution >= 0.6 is 11.6 Å². The number of benzene rings is 2. The summed E-state index contributed by atoms with van der Waals surface area (Å²) < 4.78 is 10.7. The third kappa shape index (κ3) is 7.27. The number of methoxy groups -OCH3 is 2. The Hall–Kier alpha value is -4.55. The number of halogens is 1. The Morgan fingerprint density at radius 2 is 1.77 bits per heavy atom. The summed E-state index contributed by atoms with van der Waals surface area (Å²) in [6, 6.07) is 8.60. The number of aromatic nitrogens is 2. The molecule has 0 spiro atoms. The van der Waals surface area contributed by atoms with E-state index in [0.717, 1.165) is 38.4 Å². The molecule has 0 unspecified atom stereocenters. The predicted octanol–water partition coefficient (Wildman–Crippen LogP) is 5.13. The fourth-order valence-electron chi connectivity index (χ4n) is 4.69. The molecular weight excluding hydrogens is 572 g/mol. The van der Waals surface area contributed by atoms with Crippen LogP contribution in [0.15, 0.2) is 49.3 Å². The molecule has 3 aromatic rings. The van der Waals surface area contributed by atoms with E-state index in [1.54, 1.807) is 26.1 Å². The number of anilines is 6. The number of rotatable bonds is 10. The average molecular weight is 609 g/mol. The first-order valence-corrected chi connectivity index (χ1v) is 14.2. The van der Waals surface area contributed by atoms with Crippen LogP contribution in [0.2, 0.25) is 5.02 Å². The minimum absolute atomic E-state index is 0.248. The van der Waals surface area contributed by atoms with Crippen molar-refractivity contribution < 1.29 is 19.1 Å². The molecule has 1 saturated heterocycles. The SMILES string of the molecule is C=CC(=O)Nc1ccc(N2CCN(CC)CC2)cc1Nc1cc(N(C)C(=O)Nc2c(C)c(OC)cc(OC)c2Cl)ncn1. The maximum atomic E-state index is 13.3. The number of amides is 3. The Bertz CT molecular complexity index is 1460. The topological polar surface area (TPSA) is 124 Å². The number of carbonyl (C=O) groups excluding carboxylic acids is 2. The molecular formula is C30H37ClN8O4. The minimum Gasteiger partial charge on any atom is -0.496 e. The van der Waals surface area contributed by atoms with Crippen molar-refractivity contribution in [3.63, 3.8) is 0 Å². The number of hydrogen-bond donors (Lipinski definition) is 3. The van der Waals surface area contributed by atoms with E-state index in [1.165, 1.54) is 31.5 Å². The molecule has 0 atom stereocenters. The molecule has 0 radical (unpaired) electrons. The molecule has 2 heterocycles. The number of urea groups is 1. The fourth-order valence-corrected chi connectivity index (χ4v) is 5.01. The highest BCUT2D eigenvalue weighted by atomic mass is 35.5. The highest BCUT2D eigenvalue weighted by molar-refractivity contribution is 6.35. The van der Waals surface area contributed by atoms with Crippen LogP contribution in [0.3, 0.4) is 0 Å². The van der Waals surface area contributed by atoms with Crippen molar-refractivity contribution >= 4 is 57.9 Å². The number of ether oxygens (including phenoxy) is 2. The maximum Gasteiger partial charge on any atom is 0.327 e. The molecule has 12 nitrogen and oxygen atoms in total. The standard InChI is InChI=1S/C30H37ClN8O4/c1-7-27(40)35-21-10-9-20(39-13-11-38(8-2)12-14-39)15-22(21)34-25-17-26(33-18-32-25)37(4)30(41)36-29-19(3)23(42-5)16-24(43-6)28(29)31/h7,9-10,15-18H,1,8,11-14H2,2-6H3,(H,35,40)(H,36,41)(H,32,33,34). The van der Waals surface area contributed by atoms with Gasteiger partial charge in [0.05, 0.1) is 31.3 Å². The number of nitrogens with zero attached hydrogens (tertiary/aromatic N) is 5. The normalized spacial score (nSPS) is 13.2. The molecule has 13 heteroatoms. The number of likely N-dealkylation sites (N-methyl/N-ethyl adjacent to an activating group) is 1. The van der Waals surface area contributed by atoms with E-state index in [9.17, 15) is 9.59 Å². The van der Waals surface area contributed by atoms with E-state index in [1.807, 2.05) is 18.2 Å². The van der Waals surface area contributed by atoms with Crippen molar-refractivity contribution in [2.75, 3.05) is 79.7 Å². The molecule has 1 aromatic heterocycles. The van der Waals surface area contributed by atoms with Gasteiger partial charge in [0.1, 0.15) is 34.5 Å². The monoisotopic (exact) mass is 608 g/mol. The quantitative estimate of drug-likeness (QED) is 0.269. The first-order valence-electron chi connectivity index (χ1n) is 13.8. The fraction of sp³-hybridized carbons (Fsp3) is 0.333. The van der Waals surface area contributed by atoms with Gasteiger partial charge in [-0.1, -0.05) is 25.1 Å². The van der Waals surface area contributed by atoms with E-state index >= 15 is 0 Å². The van der Waals surface area contributed by atoms with E-state index in [-0.39, 0.29) is 10.9 Å². The number of carbonyl (C=O) groups is 2. The van der Waals surface area contributed by atoms with Crippen LogP contribution < -0.4 is 35.2 Å². The molecule has 2 aromatic carbocycles. The summed E-state index contributed by atoms with van der Waals surface area (Å²) in [5, 5.41) is 9.21. The molecule has 0 saturated carbocycles. The smallest absolute Gasteiger partial charge is 0.327 e. The number of hydrogen-bond acceptors (Lipinski definition) is 9. The lowest BCUT2D eigenvalue weighted by Crippen LogP contribution is -2.46. The molecule has 0 bridgehead atoms. The maximum absolute atomic E-state index is 13.3. The van der Waals surface area contributed by atoms with Gasteiger partial charge in [0, 0.05) is 56.6 Å². The van der Waals surface area contributed by atoms with Crippen LogP contribution in [0.4, 0.5) is 39.2 Å². The van der Waals surface area contributed by atoms with Gasteiger partial charge in [-0.25, -0.2) is 14.8 Å². The molecule has 4 rings (SSSR count). The molecule has 1 fully saturated rings. The van der Waals surface area contributed by atoms with Gasteiger partial charge in [-0.05, 0) is 37.7 Å². The first kappa shape index (κ1) is 31.4. The zero-order chi connectivity index (χ0) is 31.1. The van der Waals surface area contributed by atoms with E-state index < -0.39 is 6.03 Å². The average Bonchev–Trinajstić information content (AvgIpc) is 3.03. The van der Waals surface area contributed by atoms with Crippen LogP contribution in [-0.2, 0) is 4.79 Å². The summed E-state index contributed by atoms with van der Waals surface area (Å²) in [6.45, 7) is 12.3. The van der Waals surface area contributed by atoms with Crippen LogP contribution in [-0.4, -0.2) is 80.8 Å². The number of nitrogens with one attached hydrogen (secondary N) is 3. The Morgan fingerprint density at radius 3 is 2.42 bits per heavy atom. The van der Waals surface area contributed by atoms with Crippen molar-refractivity contribution in [1.82, 2.24) is 14.9 Å². The predicted molar refractivity (Wildman–Crippen MR) is 172 cm³/mol. The summed E-state index contributed by atoms with van der Waals surface area (Å²) in [6.07, 6.45) is 2.56. The third-order valence-corrected chi connectivity index (χ3v) is 7.68. The second kappa shape index (κ2) is 14.1. The second-order valence-electron chi connectivity index (χ2n) is 9.82. The summed E-state index contributed by atoms with van der Waals surface area (Å²) in [5.74, 6) is 1.28. The minimum atomic E-state index is -0.489. The Kier molecular flexibility index (Phi) is 10.3. The highest BCUT2D eigenvalue weighted by Crippen LogP contribution is 2.41. The van der Waals surface area contributed by atoms with Gasteiger partial charge in [-0.3, -0.25) is 9.69 Å². The van der Waals surface area contributed by atoms with Crippen LogP contribution in [0.5, 0.6) is 11.5 Å². The van der Waals surface area contributed by atoms with Crippen molar-refractivity contribution in [2.45, 2.75) is 13.8 Å². The molecule has 43 heavy (non-hydrogen) atoms. The van der Waals surface area contributed by atoms with E-state index in [0.29, 0.717) is 45.8 Å². The molecule has 3 N–H and O–H groups in total. The Morgan fingerprint density at radius 1 is 1.05 bits per heavy atom. The molecule has 0 aliphatic carbocycles. The van der Waals surface area contributed by atoms with E-state index in [2.05, 4.69) is 49.2 Å². The summed E-state index contributed by atoms with van der Waals surface area (Å²) in [4.78, 5) is 40.1. The lowest BCUT2D eigenvalue weighted by Gasteiger charge is -2.35. The lowest BCUT2D eigenvalue weighted by atomic mass is 10.1. The Balaban J connectivity index is 1.58. The largest absolute Gasteiger partial charge is 0.496 e. The van der Waals surface area contributed by atoms with Gasteiger partial charge in [0.2, 0.25) is 5.91 Å². The van der Waals surface area contributed by atoms with Gasteiger partial charge in [-0.2, -0.15) is 0 Å². The van der Waals surface area contributed by atoms with Crippen molar-refractivity contribution in [1.29, 1.82) is 0 Å². The van der Waals surface area contributed by atoms with E-state index in [4.69, 9.17) is 21.1 Å². The van der Waals surface area contributed by atoms with Crippen molar-refractivity contribution in [2.24, 2.45) is 0 Å². The molecule has 228 valence electrons. The van der Waals surface area contributed by atoms with Gasteiger partial charge >= 0.3 is 6.03 Å². The van der Waals surface area contributed by atoms with Crippen molar-refractivity contribution in [3.8, 4) is 11.5 Å². The second-order valence-corrected chi connectivity index (χ2v) is 10.2. The molecule has 1 aliphatic rings. The van der Waals surface area contributed by atoms with Crippen LogP contribution in [0, 0.1) is 6.92 Å². The molecule has 3 amide bonds. The van der Waals surface area contributed by atoms with Crippen LogP contribution in [0.1, 0.15) is 12.5 Å². The van der Waals surface area contributed by atoms with Crippen molar-refractivity contribution in [3.05, 3.63) is 59.9 Å². The van der Waals surface area contributed by atoms with Gasteiger partial charge in [0.25, 0.3) is 0 Å². The Labute approximate surface area is 256 Å². The summed E-state index contributed by atoms with van der Waals surface area (Å²) >= 11 is 6.51.